The first-order valence-corrected chi connectivity index (χ1v) is 7.50. The Morgan fingerprint density at radius 2 is 1.90 bits per heavy atom. The highest BCUT2D eigenvalue weighted by atomic mass is 16.5. The van der Waals surface area contributed by atoms with Crippen molar-refractivity contribution in [1.82, 2.24) is 0 Å². The number of aryl methyl sites for hydroxylation is 1. The molecule has 3 rings (SSSR count). The first-order chi connectivity index (χ1) is 9.65. The lowest BCUT2D eigenvalue weighted by molar-refractivity contribution is -0.156. The van der Waals surface area contributed by atoms with Gasteiger partial charge in [-0.1, -0.05) is 25.3 Å². The Bertz CT molecular complexity index is 515. The number of rotatable bonds is 3. The molecule has 0 heterocycles. The Balaban J connectivity index is 1.79. The summed E-state index contributed by atoms with van der Waals surface area (Å²) in [5.41, 5.74) is 0.944. The van der Waals surface area contributed by atoms with Crippen molar-refractivity contribution < 1.29 is 14.3 Å². The average molecular weight is 274 g/mol. The van der Waals surface area contributed by atoms with E-state index in [0.29, 0.717) is 12.2 Å². The van der Waals surface area contributed by atoms with Crippen LogP contribution in [-0.4, -0.2) is 19.0 Å². The molecule has 0 aromatic heterocycles. The van der Waals surface area contributed by atoms with Crippen molar-refractivity contribution in [2.75, 3.05) is 7.11 Å². The average Bonchev–Trinajstić information content (AvgIpc) is 2.49. The first kappa shape index (κ1) is 13.5. The Labute approximate surface area is 120 Å². The molecule has 108 valence electrons. The van der Waals surface area contributed by atoms with E-state index >= 15 is 0 Å². The van der Waals surface area contributed by atoms with Crippen molar-refractivity contribution in [1.29, 1.82) is 0 Å². The van der Waals surface area contributed by atoms with Gasteiger partial charge in [-0.05, 0) is 37.5 Å². The molecule has 0 saturated heterocycles. The zero-order valence-corrected chi connectivity index (χ0v) is 12.3. The van der Waals surface area contributed by atoms with Gasteiger partial charge in [0.15, 0.2) is 11.5 Å². The fourth-order valence-corrected chi connectivity index (χ4v) is 3.58. The van der Waals surface area contributed by atoms with E-state index in [0.717, 1.165) is 42.7 Å². The van der Waals surface area contributed by atoms with Gasteiger partial charge >= 0.3 is 0 Å². The number of hydrogen-bond donors (Lipinski definition) is 0. The Kier molecular flexibility index (Phi) is 3.45. The van der Waals surface area contributed by atoms with Crippen LogP contribution < -0.4 is 9.47 Å². The Morgan fingerprint density at radius 3 is 2.55 bits per heavy atom. The SMILES string of the molecule is COc1cc(C)ccc1OC1CC(=O)C12CCCCC2. The fourth-order valence-electron chi connectivity index (χ4n) is 3.58. The number of hydrogen-bond acceptors (Lipinski definition) is 3. The molecule has 1 atom stereocenters. The zero-order valence-electron chi connectivity index (χ0n) is 12.3. The first-order valence-electron chi connectivity index (χ1n) is 7.50. The van der Waals surface area contributed by atoms with Crippen LogP contribution in [-0.2, 0) is 4.79 Å². The van der Waals surface area contributed by atoms with Crippen molar-refractivity contribution >= 4 is 5.78 Å². The lowest BCUT2D eigenvalue weighted by Crippen LogP contribution is -2.57. The minimum Gasteiger partial charge on any atom is -0.493 e. The molecule has 0 bridgehead atoms. The molecule has 3 nitrogen and oxygen atoms in total. The minimum atomic E-state index is -0.200. The van der Waals surface area contributed by atoms with Crippen LogP contribution >= 0.6 is 0 Å². The maximum absolute atomic E-state index is 12.1. The highest BCUT2D eigenvalue weighted by molar-refractivity contribution is 5.92. The Morgan fingerprint density at radius 1 is 1.15 bits per heavy atom. The third-order valence-electron chi connectivity index (χ3n) is 4.88. The van der Waals surface area contributed by atoms with Crippen LogP contribution in [0.1, 0.15) is 44.1 Å². The van der Waals surface area contributed by atoms with Crippen LogP contribution in [0.3, 0.4) is 0 Å². The molecule has 1 aromatic rings. The van der Waals surface area contributed by atoms with Crippen LogP contribution in [0.2, 0.25) is 0 Å². The third kappa shape index (κ3) is 2.09. The van der Waals surface area contributed by atoms with E-state index in [1.807, 2.05) is 25.1 Å². The summed E-state index contributed by atoms with van der Waals surface area (Å²) >= 11 is 0. The zero-order chi connectivity index (χ0) is 14.2. The molecule has 2 fully saturated rings. The molecule has 0 radical (unpaired) electrons. The second kappa shape index (κ2) is 5.12. The molecule has 2 saturated carbocycles. The quantitative estimate of drug-likeness (QED) is 0.843. The van der Waals surface area contributed by atoms with Gasteiger partial charge in [-0.3, -0.25) is 4.79 Å². The molecule has 0 aliphatic heterocycles. The van der Waals surface area contributed by atoms with Gasteiger partial charge in [0.2, 0.25) is 0 Å². The van der Waals surface area contributed by atoms with E-state index < -0.39 is 0 Å². The van der Waals surface area contributed by atoms with Gasteiger partial charge in [-0.2, -0.15) is 0 Å². The number of ether oxygens (including phenoxy) is 2. The minimum absolute atomic E-state index is 0.0342. The van der Waals surface area contributed by atoms with Gasteiger partial charge in [0.05, 0.1) is 12.5 Å². The molecule has 0 amide bonds. The summed E-state index contributed by atoms with van der Waals surface area (Å²) in [6.07, 6.45) is 6.11. The van der Waals surface area contributed by atoms with Crippen molar-refractivity contribution in [3.63, 3.8) is 0 Å². The third-order valence-corrected chi connectivity index (χ3v) is 4.88. The number of benzene rings is 1. The summed E-state index contributed by atoms with van der Waals surface area (Å²) in [5, 5.41) is 0. The molecular formula is C17H22O3. The van der Waals surface area contributed by atoms with Crippen LogP contribution in [0.4, 0.5) is 0 Å². The fraction of sp³-hybridized carbons (Fsp3) is 0.588. The molecule has 2 aliphatic rings. The van der Waals surface area contributed by atoms with Gasteiger partial charge < -0.3 is 9.47 Å². The standard InChI is InChI=1S/C17H22O3/c1-12-6-7-13(14(10-12)19-2)20-16-11-15(18)17(16)8-4-3-5-9-17/h6-7,10,16H,3-5,8-9,11H2,1-2H3. The molecule has 0 N–H and O–H groups in total. The number of carbonyl (C=O) groups excluding carboxylic acids is 1. The molecular weight excluding hydrogens is 252 g/mol. The molecule has 1 aromatic carbocycles. The van der Waals surface area contributed by atoms with Gasteiger partial charge in [-0.15, -0.1) is 0 Å². The van der Waals surface area contributed by atoms with E-state index in [9.17, 15) is 4.79 Å². The number of ketones is 1. The summed E-state index contributed by atoms with van der Waals surface area (Å²) in [4.78, 5) is 12.1. The highest BCUT2D eigenvalue weighted by Gasteiger charge is 2.56. The Hall–Kier alpha value is -1.51. The van der Waals surface area contributed by atoms with Gasteiger partial charge in [0.25, 0.3) is 0 Å². The van der Waals surface area contributed by atoms with Gasteiger partial charge in [0.1, 0.15) is 11.9 Å². The molecule has 1 unspecified atom stereocenters. The van der Waals surface area contributed by atoms with E-state index in [1.165, 1.54) is 6.42 Å². The van der Waals surface area contributed by atoms with E-state index in [1.54, 1.807) is 7.11 Å². The largest absolute Gasteiger partial charge is 0.493 e. The normalized spacial score (nSPS) is 24.3. The predicted octanol–water partition coefficient (Wildman–Crippen LogP) is 3.67. The van der Waals surface area contributed by atoms with Crippen molar-refractivity contribution in [3.8, 4) is 11.5 Å². The molecule has 20 heavy (non-hydrogen) atoms. The van der Waals surface area contributed by atoms with Crippen LogP contribution in [0.5, 0.6) is 11.5 Å². The van der Waals surface area contributed by atoms with Gasteiger partial charge in [-0.25, -0.2) is 0 Å². The topological polar surface area (TPSA) is 35.5 Å². The maximum atomic E-state index is 12.1. The monoisotopic (exact) mass is 274 g/mol. The summed E-state index contributed by atoms with van der Waals surface area (Å²) in [6, 6.07) is 5.95. The van der Waals surface area contributed by atoms with Crippen LogP contribution in [0.25, 0.3) is 0 Å². The van der Waals surface area contributed by atoms with E-state index in [4.69, 9.17) is 9.47 Å². The summed E-state index contributed by atoms with van der Waals surface area (Å²) < 4.78 is 11.5. The van der Waals surface area contributed by atoms with Crippen LogP contribution in [0.15, 0.2) is 18.2 Å². The number of carbonyl (C=O) groups is 1. The highest BCUT2D eigenvalue weighted by Crippen LogP contribution is 2.51. The summed E-state index contributed by atoms with van der Waals surface area (Å²) in [6.45, 7) is 2.03. The maximum Gasteiger partial charge on any atom is 0.161 e. The van der Waals surface area contributed by atoms with E-state index in [-0.39, 0.29) is 11.5 Å². The van der Waals surface area contributed by atoms with Gasteiger partial charge in [0, 0.05) is 6.42 Å². The molecule has 2 aliphatic carbocycles. The second-order valence-electron chi connectivity index (χ2n) is 6.10. The number of methoxy groups -OCH3 is 1. The van der Waals surface area contributed by atoms with Crippen molar-refractivity contribution in [3.05, 3.63) is 23.8 Å². The number of Topliss-reactive ketones (excluding diaryl/α,β-unsaturated/α-hetero) is 1. The smallest absolute Gasteiger partial charge is 0.161 e. The lowest BCUT2D eigenvalue weighted by Gasteiger charge is -2.49. The predicted molar refractivity (Wildman–Crippen MR) is 77.3 cm³/mol. The second-order valence-corrected chi connectivity index (χ2v) is 6.10. The van der Waals surface area contributed by atoms with Crippen molar-refractivity contribution in [2.45, 2.75) is 51.6 Å². The lowest BCUT2D eigenvalue weighted by atomic mass is 9.57. The summed E-state index contributed by atoms with van der Waals surface area (Å²) in [7, 11) is 1.66. The summed E-state index contributed by atoms with van der Waals surface area (Å²) in [5.74, 6) is 1.92. The molecule has 3 heteroatoms. The van der Waals surface area contributed by atoms with E-state index in [2.05, 4.69) is 0 Å². The van der Waals surface area contributed by atoms with Crippen molar-refractivity contribution in [2.24, 2.45) is 5.41 Å². The van der Waals surface area contributed by atoms with Crippen LogP contribution in [0, 0.1) is 12.3 Å². The molecule has 1 spiro atoms.